The highest BCUT2D eigenvalue weighted by atomic mass is 16.5. The van der Waals surface area contributed by atoms with Crippen LogP contribution >= 0.6 is 0 Å². The van der Waals surface area contributed by atoms with E-state index in [9.17, 15) is 0 Å². The number of hydrogen-bond acceptors (Lipinski definition) is 6. The predicted molar refractivity (Wildman–Crippen MR) is 70.0 cm³/mol. The van der Waals surface area contributed by atoms with Crippen LogP contribution in [0.1, 0.15) is 5.69 Å². The molecule has 2 rings (SSSR count). The second kappa shape index (κ2) is 6.63. The summed E-state index contributed by atoms with van der Waals surface area (Å²) in [5, 5.41) is 0. The van der Waals surface area contributed by atoms with E-state index in [-0.39, 0.29) is 0 Å². The van der Waals surface area contributed by atoms with Crippen LogP contribution in [0.5, 0.6) is 0 Å². The van der Waals surface area contributed by atoms with Crippen LogP contribution in [0.4, 0.5) is 5.82 Å². The molecule has 0 aliphatic carbocycles. The highest BCUT2D eigenvalue weighted by molar-refractivity contribution is 5.22. The Morgan fingerprint density at radius 1 is 1.17 bits per heavy atom. The fourth-order valence-electron chi connectivity index (χ4n) is 2.07. The number of ether oxygens (including phenoxy) is 1. The van der Waals surface area contributed by atoms with Gasteiger partial charge in [-0.05, 0) is 0 Å². The van der Waals surface area contributed by atoms with Crippen molar-refractivity contribution in [1.82, 2.24) is 19.8 Å². The molecular formula is C12H21N5O. The number of methoxy groups -OCH3 is 1. The largest absolute Gasteiger partial charge is 0.383 e. The van der Waals surface area contributed by atoms with Gasteiger partial charge < -0.3 is 10.5 Å². The van der Waals surface area contributed by atoms with Crippen molar-refractivity contribution < 1.29 is 4.74 Å². The topological polar surface area (TPSA) is 67.5 Å². The van der Waals surface area contributed by atoms with Crippen molar-refractivity contribution in [2.24, 2.45) is 0 Å². The van der Waals surface area contributed by atoms with Gasteiger partial charge in [-0.1, -0.05) is 0 Å². The zero-order valence-electron chi connectivity index (χ0n) is 10.9. The van der Waals surface area contributed by atoms with Crippen LogP contribution in [0.25, 0.3) is 0 Å². The Bertz CT molecular complexity index is 348. The minimum absolute atomic E-state index is 0.475. The number of nitrogens with two attached hydrogens (primary N) is 1. The molecule has 1 fully saturated rings. The first-order valence-corrected chi connectivity index (χ1v) is 6.28. The predicted octanol–water partition coefficient (Wildman–Crippen LogP) is -0.177. The molecule has 6 nitrogen and oxygen atoms in total. The van der Waals surface area contributed by atoms with Gasteiger partial charge in [0.05, 0.1) is 24.7 Å². The van der Waals surface area contributed by atoms with Gasteiger partial charge in [-0.3, -0.25) is 14.8 Å². The summed E-state index contributed by atoms with van der Waals surface area (Å²) in [7, 11) is 1.75. The van der Waals surface area contributed by atoms with Gasteiger partial charge in [-0.25, -0.2) is 4.98 Å². The second-order valence-corrected chi connectivity index (χ2v) is 4.54. The van der Waals surface area contributed by atoms with Gasteiger partial charge in [0, 0.05) is 46.4 Å². The van der Waals surface area contributed by atoms with Crippen molar-refractivity contribution >= 4 is 5.82 Å². The van der Waals surface area contributed by atoms with E-state index in [1.54, 1.807) is 19.5 Å². The molecule has 100 valence electrons. The number of piperazine rings is 1. The van der Waals surface area contributed by atoms with Gasteiger partial charge in [0.2, 0.25) is 0 Å². The lowest BCUT2D eigenvalue weighted by Crippen LogP contribution is -2.46. The Labute approximate surface area is 108 Å². The van der Waals surface area contributed by atoms with E-state index in [0.717, 1.165) is 51.6 Å². The monoisotopic (exact) mass is 251 g/mol. The molecule has 2 heterocycles. The molecule has 1 aliphatic rings. The van der Waals surface area contributed by atoms with E-state index < -0.39 is 0 Å². The molecular weight excluding hydrogens is 230 g/mol. The van der Waals surface area contributed by atoms with Gasteiger partial charge in [-0.15, -0.1) is 0 Å². The molecule has 18 heavy (non-hydrogen) atoms. The lowest BCUT2D eigenvalue weighted by molar-refractivity contribution is 0.0932. The Hall–Kier alpha value is -1.24. The van der Waals surface area contributed by atoms with E-state index in [2.05, 4.69) is 19.8 Å². The third-order valence-corrected chi connectivity index (χ3v) is 3.19. The zero-order valence-corrected chi connectivity index (χ0v) is 10.9. The summed E-state index contributed by atoms with van der Waals surface area (Å²) >= 11 is 0. The lowest BCUT2D eigenvalue weighted by atomic mass is 10.3. The van der Waals surface area contributed by atoms with Crippen molar-refractivity contribution in [3.05, 3.63) is 18.1 Å². The van der Waals surface area contributed by atoms with Crippen LogP contribution in [0.15, 0.2) is 12.4 Å². The number of rotatable bonds is 5. The maximum atomic E-state index is 5.52. The standard InChI is InChI=1S/C12H21N5O/c1-18-7-6-16-2-4-17(5-3-16)10-11-8-15-12(13)9-14-11/h8-9H,2-7,10H2,1H3,(H2,13,15). The highest BCUT2D eigenvalue weighted by Gasteiger charge is 2.16. The van der Waals surface area contributed by atoms with Gasteiger partial charge in [0.15, 0.2) is 0 Å². The number of aromatic nitrogens is 2. The fourth-order valence-corrected chi connectivity index (χ4v) is 2.07. The van der Waals surface area contributed by atoms with E-state index in [1.807, 2.05) is 0 Å². The minimum Gasteiger partial charge on any atom is -0.383 e. The SMILES string of the molecule is COCCN1CCN(Cc2cnc(N)cn2)CC1. The van der Waals surface area contributed by atoms with Crippen LogP contribution in [-0.4, -0.2) is 66.2 Å². The molecule has 0 atom stereocenters. The smallest absolute Gasteiger partial charge is 0.141 e. The number of nitrogens with zero attached hydrogens (tertiary/aromatic N) is 4. The molecule has 0 radical (unpaired) electrons. The number of hydrogen-bond donors (Lipinski definition) is 1. The third kappa shape index (κ3) is 3.90. The second-order valence-electron chi connectivity index (χ2n) is 4.54. The Balaban J connectivity index is 1.74. The first-order valence-electron chi connectivity index (χ1n) is 6.28. The first-order chi connectivity index (χ1) is 8.78. The molecule has 0 aromatic carbocycles. The van der Waals surface area contributed by atoms with Crippen molar-refractivity contribution in [3.63, 3.8) is 0 Å². The van der Waals surface area contributed by atoms with Gasteiger partial charge in [0.1, 0.15) is 5.82 Å². The lowest BCUT2D eigenvalue weighted by Gasteiger charge is -2.34. The molecule has 0 spiro atoms. The summed E-state index contributed by atoms with van der Waals surface area (Å²) in [6.45, 7) is 6.99. The fraction of sp³-hybridized carbons (Fsp3) is 0.667. The summed E-state index contributed by atoms with van der Waals surface area (Å²) in [5.41, 5.74) is 6.50. The van der Waals surface area contributed by atoms with Gasteiger partial charge in [0.25, 0.3) is 0 Å². The Kier molecular flexibility index (Phi) is 4.86. The first kappa shape index (κ1) is 13.2. The summed E-state index contributed by atoms with van der Waals surface area (Å²) in [5.74, 6) is 0.475. The molecule has 0 bridgehead atoms. The molecule has 6 heteroatoms. The molecule has 0 amide bonds. The normalized spacial score (nSPS) is 18.1. The Morgan fingerprint density at radius 3 is 2.50 bits per heavy atom. The van der Waals surface area contributed by atoms with Crippen LogP contribution in [0.3, 0.4) is 0 Å². The molecule has 0 unspecified atom stereocenters. The molecule has 1 saturated heterocycles. The molecule has 1 aromatic heterocycles. The zero-order chi connectivity index (χ0) is 12.8. The summed E-state index contributed by atoms with van der Waals surface area (Å²) < 4.78 is 5.09. The highest BCUT2D eigenvalue weighted by Crippen LogP contribution is 2.06. The number of anilines is 1. The van der Waals surface area contributed by atoms with Crippen LogP contribution in [-0.2, 0) is 11.3 Å². The Morgan fingerprint density at radius 2 is 1.89 bits per heavy atom. The van der Waals surface area contributed by atoms with Crippen molar-refractivity contribution in [2.75, 3.05) is 52.2 Å². The van der Waals surface area contributed by atoms with Crippen molar-refractivity contribution in [1.29, 1.82) is 0 Å². The maximum Gasteiger partial charge on any atom is 0.141 e. The third-order valence-electron chi connectivity index (χ3n) is 3.19. The quantitative estimate of drug-likeness (QED) is 0.783. The van der Waals surface area contributed by atoms with E-state index in [1.165, 1.54) is 0 Å². The summed E-state index contributed by atoms with van der Waals surface area (Å²) in [6.07, 6.45) is 3.37. The van der Waals surface area contributed by atoms with Crippen molar-refractivity contribution in [2.45, 2.75) is 6.54 Å². The summed E-state index contributed by atoms with van der Waals surface area (Å²) in [6, 6.07) is 0. The maximum absolute atomic E-state index is 5.52. The molecule has 1 aromatic rings. The van der Waals surface area contributed by atoms with Crippen LogP contribution < -0.4 is 5.73 Å². The van der Waals surface area contributed by atoms with Gasteiger partial charge >= 0.3 is 0 Å². The average Bonchev–Trinajstić information content (AvgIpc) is 2.41. The minimum atomic E-state index is 0.475. The van der Waals surface area contributed by atoms with E-state index >= 15 is 0 Å². The van der Waals surface area contributed by atoms with Crippen LogP contribution in [0, 0.1) is 0 Å². The average molecular weight is 251 g/mol. The van der Waals surface area contributed by atoms with Gasteiger partial charge in [-0.2, -0.15) is 0 Å². The van der Waals surface area contributed by atoms with Crippen molar-refractivity contribution in [3.8, 4) is 0 Å². The van der Waals surface area contributed by atoms with Crippen LogP contribution in [0.2, 0.25) is 0 Å². The molecule has 0 saturated carbocycles. The van der Waals surface area contributed by atoms with E-state index in [0.29, 0.717) is 5.82 Å². The molecule has 1 aliphatic heterocycles. The number of nitrogen functional groups attached to an aromatic ring is 1. The summed E-state index contributed by atoms with van der Waals surface area (Å²) in [4.78, 5) is 13.2. The van der Waals surface area contributed by atoms with E-state index in [4.69, 9.17) is 10.5 Å². The molecule has 2 N–H and O–H groups in total.